The van der Waals surface area contributed by atoms with Crippen LogP contribution >= 0.6 is 0 Å². The maximum atomic E-state index is 13.4. The minimum Gasteiger partial charge on any atom is -0.467 e. The SMILES string of the molecule is COC(=O)C(NC(=O)c1ccc([N+](=O)[O-])o1)c1ccc(F)c(C)c1. The molecule has 1 N–H and O–H groups in total. The summed E-state index contributed by atoms with van der Waals surface area (Å²) in [5.41, 5.74) is 0.583. The molecule has 1 atom stereocenters. The van der Waals surface area contributed by atoms with Crippen molar-refractivity contribution in [1.82, 2.24) is 5.32 Å². The zero-order valence-corrected chi connectivity index (χ0v) is 12.7. The Kier molecular flexibility index (Phi) is 4.93. The number of carbonyl (C=O) groups excluding carboxylic acids is 2. The van der Waals surface area contributed by atoms with Gasteiger partial charge in [-0.05, 0) is 30.2 Å². The fourth-order valence-electron chi connectivity index (χ4n) is 1.99. The lowest BCUT2D eigenvalue weighted by atomic mass is 10.0. The Morgan fingerprint density at radius 3 is 2.58 bits per heavy atom. The number of esters is 1. The predicted molar refractivity (Wildman–Crippen MR) is 78.7 cm³/mol. The van der Waals surface area contributed by atoms with Crippen molar-refractivity contribution >= 4 is 17.8 Å². The summed E-state index contributed by atoms with van der Waals surface area (Å²) >= 11 is 0. The molecule has 9 heteroatoms. The summed E-state index contributed by atoms with van der Waals surface area (Å²) in [6.45, 7) is 1.50. The molecule has 0 aliphatic heterocycles. The summed E-state index contributed by atoms with van der Waals surface area (Å²) < 4.78 is 22.8. The van der Waals surface area contributed by atoms with Gasteiger partial charge in [0, 0.05) is 0 Å². The Balaban J connectivity index is 2.28. The maximum Gasteiger partial charge on any atom is 0.433 e. The van der Waals surface area contributed by atoms with Gasteiger partial charge < -0.3 is 14.5 Å². The largest absolute Gasteiger partial charge is 0.467 e. The molecule has 0 aliphatic rings. The van der Waals surface area contributed by atoms with Crippen LogP contribution in [-0.2, 0) is 9.53 Å². The standard InChI is InChI=1S/C15H13FN2O6/c1-8-7-9(3-4-10(8)16)13(15(20)23-2)17-14(19)11-5-6-12(24-11)18(21)22/h3-7,13H,1-2H3,(H,17,19). The van der Waals surface area contributed by atoms with Crippen LogP contribution in [0, 0.1) is 22.9 Å². The van der Waals surface area contributed by atoms with Crippen LogP contribution in [0.3, 0.4) is 0 Å². The van der Waals surface area contributed by atoms with E-state index in [0.29, 0.717) is 5.56 Å². The van der Waals surface area contributed by atoms with Crippen molar-refractivity contribution in [3.63, 3.8) is 0 Å². The molecule has 0 saturated heterocycles. The lowest BCUT2D eigenvalue weighted by molar-refractivity contribution is -0.402. The normalized spacial score (nSPS) is 11.6. The minimum atomic E-state index is -1.22. The van der Waals surface area contributed by atoms with E-state index in [-0.39, 0.29) is 11.3 Å². The van der Waals surface area contributed by atoms with Crippen LogP contribution < -0.4 is 5.32 Å². The van der Waals surface area contributed by atoms with Crippen molar-refractivity contribution in [3.8, 4) is 0 Å². The number of hydrogen-bond acceptors (Lipinski definition) is 6. The average Bonchev–Trinajstić information content (AvgIpc) is 3.05. The summed E-state index contributed by atoms with van der Waals surface area (Å²) in [6.07, 6.45) is 0. The monoisotopic (exact) mass is 336 g/mol. The Morgan fingerprint density at radius 2 is 2.04 bits per heavy atom. The molecule has 0 fully saturated rings. The number of furan rings is 1. The highest BCUT2D eigenvalue weighted by molar-refractivity contribution is 5.95. The first kappa shape index (κ1) is 17.1. The summed E-state index contributed by atoms with van der Waals surface area (Å²) in [5.74, 6) is -3.03. The van der Waals surface area contributed by atoms with E-state index in [4.69, 9.17) is 4.42 Å². The molecule has 1 unspecified atom stereocenters. The van der Waals surface area contributed by atoms with Gasteiger partial charge in [-0.15, -0.1) is 0 Å². The van der Waals surface area contributed by atoms with E-state index in [1.807, 2.05) is 0 Å². The van der Waals surface area contributed by atoms with Gasteiger partial charge in [-0.1, -0.05) is 12.1 Å². The number of rotatable bonds is 5. The van der Waals surface area contributed by atoms with Gasteiger partial charge in [0.05, 0.1) is 13.2 Å². The number of aryl methyl sites for hydroxylation is 1. The van der Waals surface area contributed by atoms with Crippen molar-refractivity contribution in [1.29, 1.82) is 0 Å². The summed E-state index contributed by atoms with van der Waals surface area (Å²) in [4.78, 5) is 33.8. The second kappa shape index (κ2) is 6.90. The molecule has 0 radical (unpaired) electrons. The number of amides is 1. The predicted octanol–water partition coefficient (Wildman–Crippen LogP) is 2.28. The van der Waals surface area contributed by atoms with E-state index in [1.54, 1.807) is 0 Å². The average molecular weight is 336 g/mol. The minimum absolute atomic E-state index is 0.282. The topological polar surface area (TPSA) is 112 Å². The van der Waals surface area contributed by atoms with Crippen molar-refractivity contribution in [2.45, 2.75) is 13.0 Å². The van der Waals surface area contributed by atoms with Crippen molar-refractivity contribution in [2.75, 3.05) is 7.11 Å². The molecular formula is C15H13FN2O6. The first-order valence-corrected chi connectivity index (χ1v) is 6.72. The number of nitrogens with one attached hydrogen (secondary N) is 1. The molecule has 1 amide bonds. The highest BCUT2D eigenvalue weighted by Crippen LogP contribution is 2.20. The van der Waals surface area contributed by atoms with Gasteiger partial charge in [0.15, 0.2) is 11.8 Å². The van der Waals surface area contributed by atoms with Gasteiger partial charge in [0.25, 0.3) is 5.91 Å². The Hall–Kier alpha value is -3.23. The smallest absolute Gasteiger partial charge is 0.433 e. The Morgan fingerprint density at radius 1 is 1.33 bits per heavy atom. The molecule has 2 aromatic rings. The quantitative estimate of drug-likeness (QED) is 0.509. The van der Waals surface area contributed by atoms with Crippen LogP contribution in [0.2, 0.25) is 0 Å². The first-order valence-electron chi connectivity index (χ1n) is 6.72. The zero-order valence-electron chi connectivity index (χ0n) is 12.7. The number of halogens is 1. The van der Waals surface area contributed by atoms with E-state index in [2.05, 4.69) is 10.1 Å². The molecule has 1 aromatic heterocycles. The molecule has 0 spiro atoms. The molecule has 8 nitrogen and oxygen atoms in total. The van der Waals surface area contributed by atoms with Crippen molar-refractivity contribution < 1.29 is 28.1 Å². The highest BCUT2D eigenvalue weighted by atomic mass is 19.1. The Bertz CT molecular complexity index is 801. The third-order valence-electron chi connectivity index (χ3n) is 3.22. The van der Waals surface area contributed by atoms with Gasteiger partial charge in [0.2, 0.25) is 0 Å². The molecular weight excluding hydrogens is 323 g/mol. The molecule has 1 aromatic carbocycles. The van der Waals surface area contributed by atoms with Crippen LogP contribution in [0.4, 0.5) is 10.3 Å². The first-order chi connectivity index (χ1) is 11.3. The van der Waals surface area contributed by atoms with E-state index in [0.717, 1.165) is 25.3 Å². The molecule has 0 saturated carbocycles. The molecule has 0 aliphatic carbocycles. The second-order valence-corrected chi connectivity index (χ2v) is 4.83. The van der Waals surface area contributed by atoms with E-state index in [1.165, 1.54) is 19.1 Å². The molecule has 1 heterocycles. The molecule has 126 valence electrons. The van der Waals surface area contributed by atoms with Crippen LogP contribution in [0.1, 0.15) is 27.7 Å². The van der Waals surface area contributed by atoms with Crippen molar-refractivity contribution in [3.05, 3.63) is 63.2 Å². The summed E-state index contributed by atoms with van der Waals surface area (Å²) in [6, 6.07) is 4.79. The van der Waals surface area contributed by atoms with Crippen molar-refractivity contribution in [2.24, 2.45) is 0 Å². The fourth-order valence-corrected chi connectivity index (χ4v) is 1.99. The number of methoxy groups -OCH3 is 1. The maximum absolute atomic E-state index is 13.4. The van der Waals surface area contributed by atoms with Gasteiger partial charge in [-0.25, -0.2) is 9.18 Å². The molecule has 24 heavy (non-hydrogen) atoms. The van der Waals surface area contributed by atoms with Crippen LogP contribution in [0.25, 0.3) is 0 Å². The van der Waals surface area contributed by atoms with E-state index < -0.39 is 34.5 Å². The third kappa shape index (κ3) is 3.57. The molecule has 0 bridgehead atoms. The summed E-state index contributed by atoms with van der Waals surface area (Å²) in [5, 5.41) is 12.9. The van der Waals surface area contributed by atoms with Gasteiger partial charge in [0.1, 0.15) is 10.7 Å². The number of hydrogen-bond donors (Lipinski definition) is 1. The number of nitro groups is 1. The molecule has 2 rings (SSSR count). The Labute approximate surface area is 135 Å². The third-order valence-corrected chi connectivity index (χ3v) is 3.22. The van der Waals surface area contributed by atoms with Crippen LogP contribution in [-0.4, -0.2) is 23.9 Å². The number of benzene rings is 1. The van der Waals surface area contributed by atoms with Crippen LogP contribution in [0.5, 0.6) is 0 Å². The van der Waals surface area contributed by atoms with Gasteiger partial charge in [-0.3, -0.25) is 14.9 Å². The summed E-state index contributed by atoms with van der Waals surface area (Å²) in [7, 11) is 1.13. The van der Waals surface area contributed by atoms with Gasteiger partial charge >= 0.3 is 11.9 Å². The lowest BCUT2D eigenvalue weighted by Gasteiger charge is -2.16. The van der Waals surface area contributed by atoms with E-state index in [9.17, 15) is 24.1 Å². The number of nitrogens with zero attached hydrogens (tertiary/aromatic N) is 1. The van der Waals surface area contributed by atoms with E-state index >= 15 is 0 Å². The fraction of sp³-hybridized carbons (Fsp3) is 0.200. The number of ether oxygens (including phenoxy) is 1. The number of carbonyl (C=O) groups is 2. The lowest BCUT2D eigenvalue weighted by Crippen LogP contribution is -2.34. The van der Waals surface area contributed by atoms with Gasteiger partial charge in [-0.2, -0.15) is 0 Å². The zero-order chi connectivity index (χ0) is 17.9. The highest BCUT2D eigenvalue weighted by Gasteiger charge is 2.27. The second-order valence-electron chi connectivity index (χ2n) is 4.83. The van der Waals surface area contributed by atoms with Crippen LogP contribution in [0.15, 0.2) is 34.7 Å².